The molecular weight excluding hydrogens is 312 g/mol. The van der Waals surface area contributed by atoms with Crippen molar-refractivity contribution in [2.75, 3.05) is 34.0 Å². The second-order valence-corrected chi connectivity index (χ2v) is 5.12. The maximum Gasteiger partial charge on any atom is 0.315 e. The van der Waals surface area contributed by atoms with E-state index in [9.17, 15) is 9.59 Å². The molecule has 2 amide bonds. The number of hydrogen-bond donors (Lipinski definition) is 2. The Morgan fingerprint density at radius 2 is 1.83 bits per heavy atom. The molecule has 2 rings (SSSR count). The normalized spacial score (nSPS) is 10.8. The third kappa shape index (κ3) is 4.53. The van der Waals surface area contributed by atoms with Gasteiger partial charge in [-0.3, -0.25) is 4.79 Å². The Bertz CT molecular complexity index is 744. The zero-order valence-corrected chi connectivity index (χ0v) is 13.9. The van der Waals surface area contributed by atoms with E-state index in [1.807, 2.05) is 12.1 Å². The number of carbonyl (C=O) groups is 1. The number of amides is 2. The van der Waals surface area contributed by atoms with Gasteiger partial charge in [-0.2, -0.15) is 5.10 Å². The van der Waals surface area contributed by atoms with Crippen LogP contribution in [0.2, 0.25) is 0 Å². The fourth-order valence-electron chi connectivity index (χ4n) is 2.26. The third-order valence-electron chi connectivity index (χ3n) is 3.46. The van der Waals surface area contributed by atoms with Crippen molar-refractivity contribution in [3.05, 3.63) is 40.3 Å². The van der Waals surface area contributed by atoms with Crippen molar-refractivity contribution in [2.45, 2.75) is 13.1 Å². The zero-order valence-electron chi connectivity index (χ0n) is 13.9. The number of fused-ring (bicyclic) bond motifs is 1. The predicted molar refractivity (Wildman–Crippen MR) is 90.0 cm³/mol. The van der Waals surface area contributed by atoms with Crippen molar-refractivity contribution >= 4 is 16.8 Å². The molecule has 0 bridgehead atoms. The molecule has 0 saturated carbocycles. The van der Waals surface area contributed by atoms with Gasteiger partial charge in [0.15, 0.2) is 0 Å². The Morgan fingerprint density at radius 3 is 2.54 bits per heavy atom. The number of carbonyl (C=O) groups excluding carboxylic acids is 1. The molecular formula is C16H22N4O4. The second kappa shape index (κ2) is 8.99. The van der Waals surface area contributed by atoms with Gasteiger partial charge >= 0.3 is 6.03 Å². The summed E-state index contributed by atoms with van der Waals surface area (Å²) in [5, 5.41) is 11.1. The zero-order chi connectivity index (χ0) is 17.4. The minimum absolute atomic E-state index is 0.170. The highest BCUT2D eigenvalue weighted by Gasteiger charge is 2.11. The summed E-state index contributed by atoms with van der Waals surface area (Å²) in [6.45, 7) is 1.82. The predicted octanol–water partition coefficient (Wildman–Crippen LogP) is 0.489. The van der Waals surface area contributed by atoms with Crippen LogP contribution in [0.3, 0.4) is 0 Å². The van der Waals surface area contributed by atoms with Gasteiger partial charge in [0, 0.05) is 26.2 Å². The van der Waals surface area contributed by atoms with Gasteiger partial charge in [-0.15, -0.1) is 0 Å². The molecule has 0 aliphatic heterocycles. The minimum Gasteiger partial charge on any atom is -0.383 e. The summed E-state index contributed by atoms with van der Waals surface area (Å²) in [6, 6.07) is 6.91. The Morgan fingerprint density at radius 1 is 1.12 bits per heavy atom. The first-order chi connectivity index (χ1) is 11.7. The molecule has 0 radical (unpaired) electrons. The molecule has 2 N–H and O–H groups in total. The van der Waals surface area contributed by atoms with Gasteiger partial charge in [-0.25, -0.2) is 9.48 Å². The summed E-state index contributed by atoms with van der Waals surface area (Å²) >= 11 is 0. The van der Waals surface area contributed by atoms with Crippen LogP contribution in [0.25, 0.3) is 10.8 Å². The largest absolute Gasteiger partial charge is 0.383 e. The van der Waals surface area contributed by atoms with Crippen LogP contribution in [0, 0.1) is 0 Å². The molecule has 0 aliphatic rings. The van der Waals surface area contributed by atoms with Crippen molar-refractivity contribution in [1.82, 2.24) is 20.4 Å². The lowest BCUT2D eigenvalue weighted by molar-refractivity contribution is 0.181. The van der Waals surface area contributed by atoms with Gasteiger partial charge in [0.05, 0.1) is 37.4 Å². The molecule has 0 atom stereocenters. The van der Waals surface area contributed by atoms with Crippen LogP contribution in [0.1, 0.15) is 5.69 Å². The molecule has 1 heterocycles. The fourth-order valence-corrected chi connectivity index (χ4v) is 2.26. The first-order valence-corrected chi connectivity index (χ1v) is 7.65. The van der Waals surface area contributed by atoms with E-state index < -0.39 is 0 Å². The van der Waals surface area contributed by atoms with Crippen molar-refractivity contribution in [2.24, 2.45) is 0 Å². The monoisotopic (exact) mass is 334 g/mol. The molecule has 2 aromatic rings. The molecule has 0 aliphatic carbocycles. The first-order valence-electron chi connectivity index (χ1n) is 7.65. The Balaban J connectivity index is 2.20. The van der Waals surface area contributed by atoms with Crippen LogP contribution < -0.4 is 16.2 Å². The highest BCUT2D eigenvalue weighted by atomic mass is 16.5. The Hall–Kier alpha value is -2.45. The van der Waals surface area contributed by atoms with Crippen LogP contribution in [0.4, 0.5) is 4.79 Å². The number of nitrogens with one attached hydrogen (secondary N) is 2. The van der Waals surface area contributed by atoms with E-state index in [1.54, 1.807) is 26.4 Å². The van der Waals surface area contributed by atoms with E-state index in [0.717, 1.165) is 5.39 Å². The average Bonchev–Trinajstić information content (AvgIpc) is 2.60. The van der Waals surface area contributed by atoms with E-state index in [1.165, 1.54) is 4.68 Å². The molecule has 0 unspecified atom stereocenters. The molecule has 130 valence electrons. The van der Waals surface area contributed by atoms with Gasteiger partial charge in [0.2, 0.25) is 0 Å². The van der Waals surface area contributed by atoms with Crippen molar-refractivity contribution in [3.8, 4) is 0 Å². The molecule has 0 fully saturated rings. The van der Waals surface area contributed by atoms with Gasteiger partial charge in [-0.1, -0.05) is 18.2 Å². The summed E-state index contributed by atoms with van der Waals surface area (Å²) in [5.74, 6) is 0. The Kier molecular flexibility index (Phi) is 6.71. The van der Waals surface area contributed by atoms with E-state index in [0.29, 0.717) is 37.4 Å². The quantitative estimate of drug-likeness (QED) is 0.685. The number of ether oxygens (including phenoxy) is 2. The van der Waals surface area contributed by atoms with E-state index in [2.05, 4.69) is 15.7 Å². The van der Waals surface area contributed by atoms with E-state index in [4.69, 9.17) is 9.47 Å². The van der Waals surface area contributed by atoms with Crippen molar-refractivity contribution in [1.29, 1.82) is 0 Å². The third-order valence-corrected chi connectivity index (χ3v) is 3.46. The molecule has 0 spiro atoms. The van der Waals surface area contributed by atoms with Gasteiger partial charge in [0.1, 0.15) is 0 Å². The minimum atomic E-state index is -0.312. The smallest absolute Gasteiger partial charge is 0.315 e. The van der Waals surface area contributed by atoms with Gasteiger partial charge < -0.3 is 20.1 Å². The molecule has 1 aromatic heterocycles. The first kappa shape index (κ1) is 17.9. The topological polar surface area (TPSA) is 94.5 Å². The highest BCUT2D eigenvalue weighted by Crippen LogP contribution is 2.12. The summed E-state index contributed by atoms with van der Waals surface area (Å²) in [5.41, 5.74) is 0.458. The average molecular weight is 334 g/mol. The molecule has 8 nitrogen and oxygen atoms in total. The van der Waals surface area contributed by atoms with Gasteiger partial charge in [0.25, 0.3) is 5.56 Å². The lowest BCUT2D eigenvalue weighted by atomic mass is 10.1. The van der Waals surface area contributed by atoms with E-state index in [-0.39, 0.29) is 18.1 Å². The summed E-state index contributed by atoms with van der Waals surface area (Å²) in [7, 11) is 3.14. The lowest BCUT2D eigenvalue weighted by Gasteiger charge is -2.12. The highest BCUT2D eigenvalue weighted by molar-refractivity contribution is 5.84. The second-order valence-electron chi connectivity index (χ2n) is 5.12. The number of aromatic nitrogens is 2. The van der Waals surface area contributed by atoms with Crippen LogP contribution in [-0.2, 0) is 22.6 Å². The summed E-state index contributed by atoms with van der Waals surface area (Å²) < 4.78 is 11.3. The van der Waals surface area contributed by atoms with Crippen LogP contribution >= 0.6 is 0 Å². The maximum atomic E-state index is 12.4. The molecule has 24 heavy (non-hydrogen) atoms. The number of nitrogens with zero attached hydrogens (tertiary/aromatic N) is 2. The van der Waals surface area contributed by atoms with Crippen LogP contribution in [-0.4, -0.2) is 49.8 Å². The summed E-state index contributed by atoms with van der Waals surface area (Å²) in [4.78, 5) is 24.2. The number of hydrogen-bond acceptors (Lipinski definition) is 5. The van der Waals surface area contributed by atoms with Crippen molar-refractivity contribution < 1.29 is 14.3 Å². The maximum absolute atomic E-state index is 12.4. The van der Waals surface area contributed by atoms with Crippen molar-refractivity contribution in [3.63, 3.8) is 0 Å². The summed E-state index contributed by atoms with van der Waals surface area (Å²) in [6.07, 6.45) is 0. The standard InChI is InChI=1S/C16H22N4O4/c1-23-9-7-17-16(22)18-11-14-12-5-3-4-6-13(12)15(21)20(19-14)8-10-24-2/h3-6H,7-11H2,1-2H3,(H2,17,18,22). The molecule has 8 heteroatoms. The number of rotatable bonds is 8. The fraction of sp³-hybridized carbons (Fsp3) is 0.438. The Labute approximate surface area is 139 Å². The van der Waals surface area contributed by atoms with Gasteiger partial charge in [-0.05, 0) is 6.07 Å². The lowest BCUT2D eigenvalue weighted by Crippen LogP contribution is -2.37. The number of benzene rings is 1. The van der Waals surface area contributed by atoms with E-state index >= 15 is 0 Å². The molecule has 1 aromatic carbocycles. The molecule has 0 saturated heterocycles. The van der Waals surface area contributed by atoms with Crippen LogP contribution in [0.15, 0.2) is 29.1 Å². The number of methoxy groups -OCH3 is 2. The van der Waals surface area contributed by atoms with Crippen LogP contribution in [0.5, 0.6) is 0 Å². The number of urea groups is 1. The SMILES string of the molecule is COCCNC(=O)NCc1nn(CCOC)c(=O)c2ccccc12.